The Morgan fingerprint density at radius 1 is 1.30 bits per heavy atom. The summed E-state index contributed by atoms with van der Waals surface area (Å²) in [5, 5.41) is 26.2. The Hall–Kier alpha value is -3.11. The molecule has 0 N–H and O–H groups in total. The molecule has 33 heavy (non-hydrogen) atoms. The SMILES string of the molecule is CCn1cc([N+](=O)[O-])c(C(=O)N2N=C3/C(=C/c4cccs4)C[C@@H](C)C[C@@H]3[C@H]2c2cccs2)n1. The molecule has 170 valence electrons. The summed E-state index contributed by atoms with van der Waals surface area (Å²) in [5.41, 5.74) is 1.59. The third kappa shape index (κ3) is 3.93. The minimum Gasteiger partial charge on any atom is -0.265 e. The van der Waals surface area contributed by atoms with E-state index in [1.165, 1.54) is 15.9 Å². The second-order valence-electron chi connectivity index (χ2n) is 8.41. The molecule has 5 rings (SSSR count). The van der Waals surface area contributed by atoms with Crippen LogP contribution in [0.1, 0.15) is 53.0 Å². The first-order valence-corrected chi connectivity index (χ1v) is 12.6. The van der Waals surface area contributed by atoms with Gasteiger partial charge in [0.25, 0.3) is 0 Å². The predicted octanol–water partition coefficient (Wildman–Crippen LogP) is 5.62. The highest BCUT2D eigenvalue weighted by Gasteiger charge is 2.47. The molecule has 4 heterocycles. The number of rotatable bonds is 5. The van der Waals surface area contributed by atoms with Crippen LogP contribution in [0.2, 0.25) is 0 Å². The number of aromatic nitrogens is 2. The lowest BCUT2D eigenvalue weighted by Crippen LogP contribution is -2.33. The molecular formula is C23H23N5O3S2. The largest absolute Gasteiger partial charge is 0.320 e. The van der Waals surface area contributed by atoms with E-state index in [1.54, 1.807) is 22.7 Å². The topological polar surface area (TPSA) is 93.6 Å². The molecule has 0 aromatic carbocycles. The molecule has 3 aromatic heterocycles. The van der Waals surface area contributed by atoms with Gasteiger partial charge in [0, 0.05) is 22.2 Å². The van der Waals surface area contributed by atoms with E-state index in [9.17, 15) is 14.9 Å². The fourth-order valence-electron chi connectivity index (χ4n) is 4.71. The molecular weight excluding hydrogens is 458 g/mol. The molecule has 2 aliphatic rings. The molecule has 0 unspecified atom stereocenters. The van der Waals surface area contributed by atoms with Gasteiger partial charge in [-0.05, 0) is 60.2 Å². The zero-order valence-electron chi connectivity index (χ0n) is 18.2. The van der Waals surface area contributed by atoms with Crippen LogP contribution in [0, 0.1) is 22.0 Å². The summed E-state index contributed by atoms with van der Waals surface area (Å²) in [6.07, 6.45) is 5.27. The zero-order valence-corrected chi connectivity index (χ0v) is 19.9. The Bertz CT molecular complexity index is 1240. The fourth-order valence-corrected chi connectivity index (χ4v) is 6.26. The summed E-state index contributed by atoms with van der Waals surface area (Å²) < 4.78 is 1.42. The van der Waals surface area contributed by atoms with Crippen molar-refractivity contribution in [3.8, 4) is 0 Å². The summed E-state index contributed by atoms with van der Waals surface area (Å²) in [5.74, 6) is -0.0569. The van der Waals surface area contributed by atoms with E-state index >= 15 is 0 Å². The van der Waals surface area contributed by atoms with Crippen molar-refractivity contribution in [2.45, 2.75) is 39.3 Å². The second kappa shape index (κ2) is 8.68. The molecule has 3 atom stereocenters. The number of amides is 1. The molecule has 1 saturated carbocycles. The summed E-state index contributed by atoms with van der Waals surface area (Å²) in [6.45, 7) is 4.49. The Labute approximate surface area is 199 Å². The van der Waals surface area contributed by atoms with Gasteiger partial charge in [0.05, 0.1) is 16.7 Å². The Morgan fingerprint density at radius 2 is 2.09 bits per heavy atom. The molecule has 1 amide bonds. The van der Waals surface area contributed by atoms with E-state index in [0.717, 1.165) is 33.9 Å². The average molecular weight is 482 g/mol. The van der Waals surface area contributed by atoms with Gasteiger partial charge in [0.2, 0.25) is 5.69 Å². The standard InChI is InChI=1S/C23H23N5O3S2/c1-3-26-13-18(28(30)31)21(24-26)23(29)27-22(19-7-5-9-33-19)17-11-14(2)10-15(20(17)25-27)12-16-6-4-8-32-16/h4-9,12-14,17,22H,3,10-11H2,1-2H3/b15-12+/t14-,17+,22+/m1/s1. The minimum atomic E-state index is -0.549. The smallest absolute Gasteiger partial charge is 0.265 e. The number of carbonyl (C=O) groups is 1. The van der Waals surface area contributed by atoms with E-state index in [4.69, 9.17) is 5.10 Å². The van der Waals surface area contributed by atoms with Crippen LogP contribution in [0.15, 0.2) is 51.9 Å². The molecule has 3 aromatic rings. The van der Waals surface area contributed by atoms with E-state index < -0.39 is 10.8 Å². The number of hydrogen-bond donors (Lipinski definition) is 0. The van der Waals surface area contributed by atoms with Crippen LogP contribution in [0.5, 0.6) is 0 Å². The number of carbonyl (C=O) groups excluding carboxylic acids is 1. The third-order valence-corrected chi connectivity index (χ3v) is 7.90. The van der Waals surface area contributed by atoms with Crippen molar-refractivity contribution in [2.24, 2.45) is 16.9 Å². The maximum Gasteiger partial charge on any atom is 0.320 e. The molecule has 0 radical (unpaired) electrons. The van der Waals surface area contributed by atoms with Crippen molar-refractivity contribution >= 4 is 46.1 Å². The number of nitrogens with zero attached hydrogens (tertiary/aromatic N) is 5. The van der Waals surface area contributed by atoms with Gasteiger partial charge < -0.3 is 0 Å². The Kier molecular flexibility index (Phi) is 5.71. The molecule has 1 aliphatic carbocycles. The van der Waals surface area contributed by atoms with E-state index in [2.05, 4.69) is 24.2 Å². The Balaban J connectivity index is 1.61. The maximum atomic E-state index is 13.7. The molecule has 0 saturated heterocycles. The number of fused-ring (bicyclic) bond motifs is 1. The van der Waals surface area contributed by atoms with Gasteiger partial charge in [0.1, 0.15) is 6.20 Å². The molecule has 0 bridgehead atoms. The van der Waals surface area contributed by atoms with Crippen molar-refractivity contribution in [1.82, 2.24) is 14.8 Å². The van der Waals surface area contributed by atoms with Crippen molar-refractivity contribution in [3.63, 3.8) is 0 Å². The first-order valence-electron chi connectivity index (χ1n) is 10.9. The van der Waals surface area contributed by atoms with Gasteiger partial charge in [-0.15, -0.1) is 22.7 Å². The van der Waals surface area contributed by atoms with Crippen LogP contribution >= 0.6 is 22.7 Å². The zero-order chi connectivity index (χ0) is 23.1. The van der Waals surface area contributed by atoms with Crippen LogP contribution in [0.25, 0.3) is 6.08 Å². The molecule has 1 fully saturated rings. The van der Waals surface area contributed by atoms with Crippen LogP contribution in [-0.2, 0) is 6.54 Å². The number of hydrazone groups is 1. The lowest BCUT2D eigenvalue weighted by atomic mass is 9.74. The van der Waals surface area contributed by atoms with Gasteiger partial charge >= 0.3 is 11.6 Å². The lowest BCUT2D eigenvalue weighted by molar-refractivity contribution is -0.385. The van der Waals surface area contributed by atoms with Gasteiger partial charge in [-0.1, -0.05) is 19.1 Å². The second-order valence-corrected chi connectivity index (χ2v) is 10.4. The highest BCUT2D eigenvalue weighted by atomic mass is 32.1. The van der Waals surface area contributed by atoms with Crippen LogP contribution in [0.3, 0.4) is 0 Å². The highest BCUT2D eigenvalue weighted by molar-refractivity contribution is 7.11. The van der Waals surface area contributed by atoms with Crippen LogP contribution < -0.4 is 0 Å². The van der Waals surface area contributed by atoms with Gasteiger partial charge in [-0.3, -0.25) is 19.6 Å². The predicted molar refractivity (Wildman–Crippen MR) is 129 cm³/mol. The van der Waals surface area contributed by atoms with Gasteiger partial charge in [-0.2, -0.15) is 10.2 Å². The van der Waals surface area contributed by atoms with Crippen molar-refractivity contribution in [2.75, 3.05) is 0 Å². The molecule has 8 nitrogen and oxygen atoms in total. The number of nitro groups is 1. The number of thiophene rings is 2. The van der Waals surface area contributed by atoms with Crippen molar-refractivity contribution in [1.29, 1.82) is 0 Å². The first kappa shape index (κ1) is 21.7. The van der Waals surface area contributed by atoms with Crippen LogP contribution in [-0.4, -0.2) is 31.3 Å². The number of hydrogen-bond acceptors (Lipinski definition) is 7. The highest BCUT2D eigenvalue weighted by Crippen LogP contribution is 2.47. The summed E-state index contributed by atoms with van der Waals surface area (Å²) in [7, 11) is 0. The fraction of sp³-hybridized carbons (Fsp3) is 0.348. The summed E-state index contributed by atoms with van der Waals surface area (Å²) in [6, 6.07) is 7.76. The lowest BCUT2D eigenvalue weighted by Gasteiger charge is -2.31. The van der Waals surface area contributed by atoms with Crippen LogP contribution in [0.4, 0.5) is 5.69 Å². The van der Waals surface area contributed by atoms with Gasteiger partial charge in [-0.25, -0.2) is 5.01 Å². The molecule has 1 aliphatic heterocycles. The van der Waals surface area contributed by atoms with Crippen molar-refractivity contribution < 1.29 is 9.72 Å². The first-order chi connectivity index (χ1) is 16.0. The number of allylic oxidation sites excluding steroid dienone is 1. The molecule has 10 heteroatoms. The quantitative estimate of drug-likeness (QED) is 0.349. The monoisotopic (exact) mass is 481 g/mol. The summed E-state index contributed by atoms with van der Waals surface area (Å²) in [4.78, 5) is 26.9. The molecule has 0 spiro atoms. The number of aryl methyl sites for hydroxylation is 1. The maximum absolute atomic E-state index is 13.7. The van der Waals surface area contributed by atoms with E-state index in [1.807, 2.05) is 35.9 Å². The van der Waals surface area contributed by atoms with E-state index in [0.29, 0.717) is 12.5 Å². The normalized spacial score (nSPS) is 23.6. The van der Waals surface area contributed by atoms with E-state index in [-0.39, 0.29) is 23.3 Å². The summed E-state index contributed by atoms with van der Waals surface area (Å²) >= 11 is 3.24. The third-order valence-electron chi connectivity index (χ3n) is 6.13. The average Bonchev–Trinajstić information content (AvgIpc) is 3.58. The van der Waals surface area contributed by atoms with Gasteiger partial charge in [0.15, 0.2) is 0 Å². The minimum absolute atomic E-state index is 0.0369. The van der Waals surface area contributed by atoms with Crippen molar-refractivity contribution in [3.05, 3.63) is 72.4 Å². The Morgan fingerprint density at radius 3 is 2.76 bits per heavy atom.